The minimum atomic E-state index is -0.211. The van der Waals surface area contributed by atoms with Gasteiger partial charge in [0.15, 0.2) is 0 Å². The molecule has 116 valence electrons. The van der Waals surface area contributed by atoms with E-state index >= 15 is 0 Å². The maximum absolute atomic E-state index is 12.0. The van der Waals surface area contributed by atoms with Crippen molar-refractivity contribution in [2.45, 2.75) is 38.2 Å². The summed E-state index contributed by atoms with van der Waals surface area (Å²) in [5.41, 5.74) is 0.790. The first-order valence-corrected chi connectivity index (χ1v) is 7.73. The number of rotatable bonds is 5. The molecule has 1 amide bonds. The molecule has 0 heterocycles. The van der Waals surface area contributed by atoms with Crippen LogP contribution in [0.25, 0.3) is 0 Å². The van der Waals surface area contributed by atoms with Crippen LogP contribution in [0.3, 0.4) is 0 Å². The highest BCUT2D eigenvalue weighted by Gasteiger charge is 2.20. The Hall–Kier alpha value is -1.26. The average molecular weight is 312 g/mol. The number of methoxy groups -OCH3 is 1. The highest BCUT2D eigenvalue weighted by molar-refractivity contribution is 6.31. The number of amides is 1. The summed E-state index contributed by atoms with van der Waals surface area (Å²) in [6.45, 7) is 0.629. The molecule has 1 fully saturated rings. The maximum atomic E-state index is 12.0. The van der Waals surface area contributed by atoms with Gasteiger partial charge >= 0.3 is 0 Å². The molecule has 1 aromatic rings. The van der Waals surface area contributed by atoms with Crippen molar-refractivity contribution in [1.82, 2.24) is 5.32 Å². The van der Waals surface area contributed by atoms with Crippen LogP contribution in [0.4, 0.5) is 0 Å². The van der Waals surface area contributed by atoms with E-state index < -0.39 is 0 Å². The average Bonchev–Trinajstić information content (AvgIpc) is 2.47. The summed E-state index contributed by atoms with van der Waals surface area (Å²) in [7, 11) is 1.58. The van der Waals surface area contributed by atoms with Gasteiger partial charge in [-0.15, -0.1) is 0 Å². The van der Waals surface area contributed by atoms with Crippen LogP contribution in [-0.2, 0) is 11.2 Å². The predicted molar refractivity (Wildman–Crippen MR) is 82.7 cm³/mol. The molecule has 1 saturated carbocycles. The number of carbonyl (C=O) groups is 1. The summed E-state index contributed by atoms with van der Waals surface area (Å²) in [6.07, 6.45) is 3.82. The first kappa shape index (κ1) is 16.1. The van der Waals surface area contributed by atoms with Gasteiger partial charge < -0.3 is 15.2 Å². The topological polar surface area (TPSA) is 58.6 Å². The van der Waals surface area contributed by atoms with Crippen LogP contribution < -0.4 is 10.1 Å². The molecule has 2 unspecified atom stereocenters. The largest absolute Gasteiger partial charge is 0.497 e. The Morgan fingerprint density at radius 1 is 1.48 bits per heavy atom. The molecule has 2 atom stereocenters. The fourth-order valence-corrected chi connectivity index (χ4v) is 2.98. The second kappa shape index (κ2) is 7.66. The van der Waals surface area contributed by atoms with Crippen molar-refractivity contribution < 1.29 is 14.6 Å². The molecule has 0 aliphatic heterocycles. The third-order valence-electron chi connectivity index (χ3n) is 3.95. The Morgan fingerprint density at radius 2 is 2.29 bits per heavy atom. The fourth-order valence-electron chi connectivity index (χ4n) is 2.74. The van der Waals surface area contributed by atoms with Crippen LogP contribution in [-0.4, -0.2) is 30.8 Å². The zero-order valence-corrected chi connectivity index (χ0v) is 13.0. The highest BCUT2D eigenvalue weighted by atomic mass is 35.5. The standard InChI is InChI=1S/C16H22ClNO3/c1-21-14-6-5-12(15(17)9-14)8-16(20)18-10-11-3-2-4-13(19)7-11/h5-6,9,11,13,19H,2-4,7-8,10H2,1H3,(H,18,20). The fraction of sp³-hybridized carbons (Fsp3) is 0.562. The normalized spacial score (nSPS) is 21.9. The Kier molecular flexibility index (Phi) is 5.88. The minimum absolute atomic E-state index is 0.0397. The molecule has 0 aromatic heterocycles. The maximum Gasteiger partial charge on any atom is 0.224 e. The van der Waals surface area contributed by atoms with Crippen LogP contribution in [0.1, 0.15) is 31.2 Å². The van der Waals surface area contributed by atoms with Gasteiger partial charge in [0.25, 0.3) is 0 Å². The zero-order valence-electron chi connectivity index (χ0n) is 12.3. The minimum Gasteiger partial charge on any atom is -0.497 e. The number of aliphatic hydroxyl groups excluding tert-OH is 1. The molecule has 21 heavy (non-hydrogen) atoms. The van der Waals surface area contributed by atoms with Crippen LogP contribution in [0.15, 0.2) is 18.2 Å². The van der Waals surface area contributed by atoms with E-state index in [9.17, 15) is 9.90 Å². The molecule has 0 spiro atoms. The van der Waals surface area contributed by atoms with Gasteiger partial charge in [-0.1, -0.05) is 24.1 Å². The van der Waals surface area contributed by atoms with Gasteiger partial charge in [0.1, 0.15) is 5.75 Å². The van der Waals surface area contributed by atoms with Gasteiger partial charge in [-0.3, -0.25) is 4.79 Å². The number of nitrogens with one attached hydrogen (secondary N) is 1. The number of ether oxygens (including phenoxy) is 1. The summed E-state index contributed by atoms with van der Waals surface area (Å²) in [6, 6.07) is 5.32. The lowest BCUT2D eigenvalue weighted by Gasteiger charge is -2.25. The number of halogens is 1. The lowest BCUT2D eigenvalue weighted by atomic mass is 9.87. The SMILES string of the molecule is COc1ccc(CC(=O)NCC2CCCC(O)C2)c(Cl)c1. The van der Waals surface area contributed by atoms with Crippen molar-refractivity contribution in [3.63, 3.8) is 0 Å². The summed E-state index contributed by atoms with van der Waals surface area (Å²) in [4.78, 5) is 12.0. The van der Waals surface area contributed by atoms with E-state index in [1.807, 2.05) is 6.07 Å². The summed E-state index contributed by atoms with van der Waals surface area (Å²) in [5.74, 6) is 1.02. The second-order valence-corrected chi connectivity index (χ2v) is 6.03. The quantitative estimate of drug-likeness (QED) is 0.878. The molecule has 0 radical (unpaired) electrons. The number of hydrogen-bond acceptors (Lipinski definition) is 3. The van der Waals surface area contributed by atoms with E-state index in [1.165, 1.54) is 0 Å². The van der Waals surface area contributed by atoms with Gasteiger partial charge in [0, 0.05) is 11.6 Å². The van der Waals surface area contributed by atoms with Crippen LogP contribution in [0, 0.1) is 5.92 Å². The monoisotopic (exact) mass is 311 g/mol. The number of carbonyl (C=O) groups excluding carboxylic acids is 1. The van der Waals surface area contributed by atoms with Gasteiger partial charge in [0.05, 0.1) is 19.6 Å². The predicted octanol–water partition coefficient (Wildman–Crippen LogP) is 2.56. The van der Waals surface area contributed by atoms with Crippen molar-refractivity contribution in [2.24, 2.45) is 5.92 Å². The van der Waals surface area contributed by atoms with E-state index in [1.54, 1.807) is 19.2 Å². The summed E-state index contributed by atoms with van der Waals surface area (Å²) in [5, 5.41) is 13.1. The van der Waals surface area contributed by atoms with Crippen LogP contribution >= 0.6 is 11.6 Å². The molecule has 5 heteroatoms. The number of hydrogen-bond donors (Lipinski definition) is 2. The van der Waals surface area contributed by atoms with Crippen LogP contribution in [0.5, 0.6) is 5.75 Å². The molecule has 1 aliphatic carbocycles. The molecule has 0 bridgehead atoms. The van der Waals surface area contributed by atoms with Gasteiger partial charge in [-0.25, -0.2) is 0 Å². The third kappa shape index (κ3) is 4.90. The molecule has 0 saturated heterocycles. The lowest BCUT2D eigenvalue weighted by molar-refractivity contribution is -0.120. The van der Waals surface area contributed by atoms with Crippen molar-refractivity contribution in [2.75, 3.05) is 13.7 Å². The first-order valence-electron chi connectivity index (χ1n) is 7.35. The smallest absolute Gasteiger partial charge is 0.224 e. The molecule has 4 nitrogen and oxygen atoms in total. The number of benzene rings is 1. The number of aliphatic hydroxyl groups is 1. The van der Waals surface area contributed by atoms with E-state index in [4.69, 9.17) is 16.3 Å². The van der Waals surface area contributed by atoms with E-state index in [0.29, 0.717) is 23.2 Å². The Bertz CT molecular complexity index is 492. The van der Waals surface area contributed by atoms with E-state index in [-0.39, 0.29) is 18.4 Å². The molecule has 2 rings (SSSR count). The van der Waals surface area contributed by atoms with Crippen LogP contribution in [0.2, 0.25) is 5.02 Å². The Labute approximate surface area is 130 Å². The van der Waals surface area contributed by atoms with Crippen molar-refractivity contribution in [3.05, 3.63) is 28.8 Å². The molecular formula is C16H22ClNO3. The van der Waals surface area contributed by atoms with Crippen molar-refractivity contribution in [3.8, 4) is 5.75 Å². The van der Waals surface area contributed by atoms with Gasteiger partial charge in [-0.2, -0.15) is 0 Å². The Morgan fingerprint density at radius 3 is 2.95 bits per heavy atom. The van der Waals surface area contributed by atoms with Gasteiger partial charge in [0.2, 0.25) is 5.91 Å². The Balaban J connectivity index is 1.81. The molecule has 2 N–H and O–H groups in total. The third-order valence-corrected chi connectivity index (χ3v) is 4.31. The first-order chi connectivity index (χ1) is 10.1. The van der Waals surface area contributed by atoms with E-state index in [0.717, 1.165) is 31.2 Å². The molecule has 1 aromatic carbocycles. The van der Waals surface area contributed by atoms with Gasteiger partial charge in [-0.05, 0) is 42.9 Å². The van der Waals surface area contributed by atoms with Crippen molar-refractivity contribution in [1.29, 1.82) is 0 Å². The molecule has 1 aliphatic rings. The van der Waals surface area contributed by atoms with Crippen molar-refractivity contribution >= 4 is 17.5 Å². The molecular weight excluding hydrogens is 290 g/mol. The second-order valence-electron chi connectivity index (χ2n) is 5.62. The highest BCUT2D eigenvalue weighted by Crippen LogP contribution is 2.24. The lowest BCUT2D eigenvalue weighted by Crippen LogP contribution is -2.33. The summed E-state index contributed by atoms with van der Waals surface area (Å²) >= 11 is 6.13. The van der Waals surface area contributed by atoms with E-state index in [2.05, 4.69) is 5.32 Å². The zero-order chi connectivity index (χ0) is 15.2. The summed E-state index contributed by atoms with van der Waals surface area (Å²) < 4.78 is 5.08.